The van der Waals surface area contributed by atoms with Crippen LogP contribution in [0.15, 0.2) is 17.6 Å². The van der Waals surface area contributed by atoms with Gasteiger partial charge in [0.1, 0.15) is 5.69 Å². The third-order valence-electron chi connectivity index (χ3n) is 5.07. The molecule has 0 radical (unpaired) electrons. The molecule has 1 saturated heterocycles. The third kappa shape index (κ3) is 2.94. The van der Waals surface area contributed by atoms with Crippen molar-refractivity contribution >= 4 is 10.0 Å². The average molecular weight is 382 g/mol. The molecule has 4 rings (SSSR count). The van der Waals surface area contributed by atoms with E-state index in [1.54, 1.807) is 18.7 Å². The topological polar surface area (TPSA) is 104 Å². The summed E-state index contributed by atoms with van der Waals surface area (Å²) in [6.07, 6.45) is 4.23. The molecular formula is C15H22N6O4S. The second kappa shape index (κ2) is 6.41. The highest BCUT2D eigenvalue weighted by Crippen LogP contribution is 2.35. The fraction of sp³-hybridized carbons (Fsp3) is 0.667. The van der Waals surface area contributed by atoms with E-state index in [1.807, 2.05) is 4.68 Å². The van der Waals surface area contributed by atoms with Gasteiger partial charge < -0.3 is 14.0 Å². The lowest BCUT2D eigenvalue weighted by atomic mass is 9.91. The van der Waals surface area contributed by atoms with Gasteiger partial charge in [0.15, 0.2) is 5.03 Å². The first kappa shape index (κ1) is 17.6. The molecule has 4 heterocycles. The molecule has 11 heteroatoms. The summed E-state index contributed by atoms with van der Waals surface area (Å²) in [6.45, 7) is 2.19. The van der Waals surface area contributed by atoms with Gasteiger partial charge in [0.2, 0.25) is 0 Å². The summed E-state index contributed by atoms with van der Waals surface area (Å²) < 4.78 is 41.7. The highest BCUT2D eigenvalue weighted by Gasteiger charge is 2.43. The average Bonchev–Trinajstić information content (AvgIpc) is 3.22. The van der Waals surface area contributed by atoms with Crippen LogP contribution in [-0.2, 0) is 46.3 Å². The van der Waals surface area contributed by atoms with Crippen LogP contribution in [0.2, 0.25) is 0 Å². The second-order valence-corrected chi connectivity index (χ2v) is 8.71. The Morgan fingerprint density at radius 1 is 1.35 bits per heavy atom. The molecule has 26 heavy (non-hydrogen) atoms. The van der Waals surface area contributed by atoms with Crippen molar-refractivity contribution in [2.75, 3.05) is 20.2 Å². The number of rotatable bonds is 4. The number of hydrogen-bond acceptors (Lipinski definition) is 7. The Morgan fingerprint density at radius 2 is 2.12 bits per heavy atom. The van der Waals surface area contributed by atoms with Gasteiger partial charge >= 0.3 is 0 Å². The van der Waals surface area contributed by atoms with Gasteiger partial charge in [-0.05, 0) is 12.8 Å². The van der Waals surface area contributed by atoms with Crippen LogP contribution in [0.4, 0.5) is 0 Å². The predicted molar refractivity (Wildman–Crippen MR) is 89.5 cm³/mol. The summed E-state index contributed by atoms with van der Waals surface area (Å²) in [5.41, 5.74) is 1.32. The normalized spacial score (nSPS) is 20.4. The van der Waals surface area contributed by atoms with Crippen molar-refractivity contribution < 1.29 is 17.9 Å². The van der Waals surface area contributed by atoms with Crippen molar-refractivity contribution in [3.63, 3.8) is 0 Å². The summed E-state index contributed by atoms with van der Waals surface area (Å²) >= 11 is 0. The van der Waals surface area contributed by atoms with Crippen LogP contribution < -0.4 is 0 Å². The molecule has 0 bridgehead atoms. The summed E-state index contributed by atoms with van der Waals surface area (Å²) in [5, 5.41) is 8.44. The molecule has 142 valence electrons. The number of nitrogens with zero attached hydrogens (tertiary/aromatic N) is 6. The number of aromatic nitrogens is 5. The van der Waals surface area contributed by atoms with Crippen LogP contribution in [-0.4, -0.2) is 63.1 Å². The van der Waals surface area contributed by atoms with E-state index in [2.05, 4.69) is 15.3 Å². The fourth-order valence-corrected chi connectivity index (χ4v) is 4.94. The van der Waals surface area contributed by atoms with Gasteiger partial charge in [-0.2, -0.15) is 4.31 Å². The SMILES string of the molecule is COCc1nnn2c1COC1(CCN(S(=O)(=O)c3cn(C)cn3)CC1)C2. The fourth-order valence-electron chi connectivity index (χ4n) is 3.53. The van der Waals surface area contributed by atoms with E-state index in [9.17, 15) is 8.42 Å². The van der Waals surface area contributed by atoms with Gasteiger partial charge in [-0.3, -0.25) is 0 Å². The Bertz CT molecular complexity index is 897. The smallest absolute Gasteiger partial charge is 0.262 e. The third-order valence-corrected chi connectivity index (χ3v) is 6.86. The van der Waals surface area contributed by atoms with Gasteiger partial charge in [-0.15, -0.1) is 5.10 Å². The van der Waals surface area contributed by atoms with Crippen molar-refractivity contribution in [3.05, 3.63) is 23.9 Å². The molecule has 10 nitrogen and oxygen atoms in total. The molecule has 2 aromatic heterocycles. The van der Waals surface area contributed by atoms with E-state index in [0.29, 0.717) is 45.7 Å². The largest absolute Gasteiger partial charge is 0.378 e. The summed E-state index contributed by atoms with van der Waals surface area (Å²) in [7, 11) is -0.195. The number of sulfonamides is 1. The van der Waals surface area contributed by atoms with Crippen molar-refractivity contribution in [1.82, 2.24) is 28.9 Å². The Hall–Kier alpha value is -1.82. The van der Waals surface area contributed by atoms with E-state index in [4.69, 9.17) is 9.47 Å². The molecular weight excluding hydrogens is 360 g/mol. The molecule has 1 fully saturated rings. The van der Waals surface area contributed by atoms with E-state index in [-0.39, 0.29) is 5.03 Å². The standard InChI is InChI=1S/C15H22N6O4S/c1-19-7-14(16-11-19)26(22,23)20-5-3-15(4-6-20)10-21-13(9-25-15)12(8-24-2)17-18-21/h7,11H,3-6,8-10H2,1-2H3. The first-order valence-corrected chi connectivity index (χ1v) is 9.90. The highest BCUT2D eigenvalue weighted by molar-refractivity contribution is 7.89. The Balaban J connectivity index is 1.47. The Kier molecular flexibility index (Phi) is 4.34. The van der Waals surface area contributed by atoms with Gasteiger partial charge in [-0.25, -0.2) is 18.1 Å². The molecule has 0 amide bonds. The zero-order valence-electron chi connectivity index (χ0n) is 14.8. The van der Waals surface area contributed by atoms with Crippen LogP contribution >= 0.6 is 0 Å². The number of fused-ring (bicyclic) bond motifs is 1. The number of hydrogen-bond donors (Lipinski definition) is 0. The maximum Gasteiger partial charge on any atom is 0.262 e. The van der Waals surface area contributed by atoms with E-state index in [0.717, 1.165) is 11.4 Å². The Labute approximate surface area is 151 Å². The second-order valence-electron chi connectivity index (χ2n) is 6.83. The number of piperidine rings is 1. The van der Waals surface area contributed by atoms with E-state index >= 15 is 0 Å². The molecule has 2 aliphatic rings. The maximum absolute atomic E-state index is 12.7. The van der Waals surface area contributed by atoms with Crippen LogP contribution in [0.5, 0.6) is 0 Å². The highest BCUT2D eigenvalue weighted by atomic mass is 32.2. The summed E-state index contributed by atoms with van der Waals surface area (Å²) in [5.74, 6) is 0. The number of aryl methyl sites for hydroxylation is 1. The number of imidazole rings is 1. The summed E-state index contributed by atoms with van der Waals surface area (Å²) in [4.78, 5) is 3.98. The number of ether oxygens (including phenoxy) is 2. The van der Waals surface area contributed by atoms with Gasteiger partial charge in [0, 0.05) is 33.4 Å². The molecule has 0 aromatic carbocycles. The molecule has 0 atom stereocenters. The van der Waals surface area contributed by atoms with Gasteiger partial charge in [0.05, 0.1) is 37.4 Å². The Morgan fingerprint density at radius 3 is 2.77 bits per heavy atom. The molecule has 0 N–H and O–H groups in total. The van der Waals surface area contributed by atoms with Gasteiger partial charge in [0.25, 0.3) is 10.0 Å². The lowest BCUT2D eigenvalue weighted by Gasteiger charge is -2.43. The van der Waals surface area contributed by atoms with Crippen LogP contribution in [0.1, 0.15) is 24.2 Å². The first-order valence-electron chi connectivity index (χ1n) is 8.46. The monoisotopic (exact) mass is 382 g/mol. The first-order chi connectivity index (χ1) is 12.4. The van der Waals surface area contributed by atoms with Gasteiger partial charge in [-0.1, -0.05) is 5.21 Å². The minimum atomic E-state index is -3.57. The minimum Gasteiger partial charge on any atom is -0.378 e. The molecule has 2 aromatic rings. The predicted octanol–water partition coefficient (Wildman–Crippen LogP) is -0.0883. The zero-order valence-corrected chi connectivity index (χ0v) is 15.6. The van der Waals surface area contributed by atoms with Crippen LogP contribution in [0, 0.1) is 0 Å². The molecule has 1 spiro atoms. The van der Waals surface area contributed by atoms with Crippen molar-refractivity contribution in [1.29, 1.82) is 0 Å². The molecule has 0 saturated carbocycles. The number of methoxy groups -OCH3 is 1. The lowest BCUT2D eigenvalue weighted by Crippen LogP contribution is -2.52. The lowest BCUT2D eigenvalue weighted by molar-refractivity contribution is -0.117. The van der Waals surface area contributed by atoms with Crippen molar-refractivity contribution in [2.24, 2.45) is 7.05 Å². The summed E-state index contributed by atoms with van der Waals surface area (Å²) in [6, 6.07) is 0. The molecule has 0 aliphatic carbocycles. The minimum absolute atomic E-state index is 0.0864. The van der Waals surface area contributed by atoms with Crippen molar-refractivity contribution in [2.45, 2.75) is 43.2 Å². The van der Waals surface area contributed by atoms with E-state index in [1.165, 1.54) is 16.8 Å². The van der Waals surface area contributed by atoms with E-state index < -0.39 is 15.6 Å². The zero-order chi connectivity index (χ0) is 18.4. The van der Waals surface area contributed by atoms with Crippen molar-refractivity contribution in [3.8, 4) is 0 Å². The molecule has 0 unspecified atom stereocenters. The molecule has 2 aliphatic heterocycles. The maximum atomic E-state index is 12.7. The van der Waals surface area contributed by atoms with Crippen LogP contribution in [0.3, 0.4) is 0 Å². The quantitative estimate of drug-likeness (QED) is 0.728. The van der Waals surface area contributed by atoms with Crippen LogP contribution in [0.25, 0.3) is 0 Å².